The van der Waals surface area contributed by atoms with E-state index in [4.69, 9.17) is 0 Å². The second-order valence-electron chi connectivity index (χ2n) is 5.67. The molecule has 1 N–H and O–H groups in total. The molecule has 0 bridgehead atoms. The third-order valence-corrected chi connectivity index (χ3v) is 4.02. The van der Waals surface area contributed by atoms with Gasteiger partial charge in [0.15, 0.2) is 0 Å². The molecule has 100 valence electrons. The van der Waals surface area contributed by atoms with E-state index in [-0.39, 0.29) is 0 Å². The lowest BCUT2D eigenvalue weighted by atomic mass is 10.0. The second-order valence-corrected chi connectivity index (χ2v) is 5.67. The van der Waals surface area contributed by atoms with Gasteiger partial charge in [-0.1, -0.05) is 24.3 Å². The van der Waals surface area contributed by atoms with E-state index in [2.05, 4.69) is 48.5 Å². The van der Waals surface area contributed by atoms with Crippen molar-refractivity contribution in [1.82, 2.24) is 10.2 Å². The SMILES string of the molecule is Cc1ccccc1CN(C)CCCC1CCNC1. The van der Waals surface area contributed by atoms with Crippen LogP contribution in [0.1, 0.15) is 30.4 Å². The molecule has 1 saturated heterocycles. The number of aryl methyl sites for hydroxylation is 1. The molecule has 0 aromatic heterocycles. The van der Waals surface area contributed by atoms with Crippen LogP contribution >= 0.6 is 0 Å². The van der Waals surface area contributed by atoms with Crippen molar-refractivity contribution in [3.05, 3.63) is 35.4 Å². The highest BCUT2D eigenvalue weighted by Crippen LogP contribution is 2.15. The first-order valence-electron chi connectivity index (χ1n) is 7.19. The van der Waals surface area contributed by atoms with Gasteiger partial charge in [-0.15, -0.1) is 0 Å². The molecule has 1 atom stereocenters. The van der Waals surface area contributed by atoms with E-state index in [1.54, 1.807) is 0 Å². The summed E-state index contributed by atoms with van der Waals surface area (Å²) in [5.41, 5.74) is 2.87. The zero-order valence-corrected chi connectivity index (χ0v) is 11.8. The van der Waals surface area contributed by atoms with Crippen molar-refractivity contribution in [3.63, 3.8) is 0 Å². The van der Waals surface area contributed by atoms with Crippen molar-refractivity contribution >= 4 is 0 Å². The van der Waals surface area contributed by atoms with Gasteiger partial charge >= 0.3 is 0 Å². The van der Waals surface area contributed by atoms with E-state index >= 15 is 0 Å². The van der Waals surface area contributed by atoms with Gasteiger partial charge < -0.3 is 10.2 Å². The molecule has 0 saturated carbocycles. The average Bonchev–Trinajstić information content (AvgIpc) is 2.85. The van der Waals surface area contributed by atoms with Gasteiger partial charge in [-0.05, 0) is 69.9 Å². The molecule has 1 aliphatic heterocycles. The Bertz CT molecular complexity index is 356. The topological polar surface area (TPSA) is 15.3 Å². The van der Waals surface area contributed by atoms with Crippen LogP contribution in [0.5, 0.6) is 0 Å². The largest absolute Gasteiger partial charge is 0.316 e. The maximum Gasteiger partial charge on any atom is 0.0233 e. The Labute approximate surface area is 111 Å². The van der Waals surface area contributed by atoms with Crippen LogP contribution in [0.15, 0.2) is 24.3 Å². The third-order valence-electron chi connectivity index (χ3n) is 4.02. The Morgan fingerprint density at radius 1 is 1.33 bits per heavy atom. The predicted octanol–water partition coefficient (Wildman–Crippen LogP) is 2.82. The summed E-state index contributed by atoms with van der Waals surface area (Å²) in [5, 5.41) is 3.44. The van der Waals surface area contributed by atoms with Crippen molar-refractivity contribution in [2.75, 3.05) is 26.7 Å². The first-order valence-corrected chi connectivity index (χ1v) is 7.19. The maximum atomic E-state index is 3.44. The molecule has 1 unspecified atom stereocenters. The van der Waals surface area contributed by atoms with Gasteiger partial charge in [0.1, 0.15) is 0 Å². The fraction of sp³-hybridized carbons (Fsp3) is 0.625. The van der Waals surface area contributed by atoms with E-state index in [1.807, 2.05) is 0 Å². The molecule has 0 radical (unpaired) electrons. The Morgan fingerprint density at radius 3 is 2.89 bits per heavy atom. The predicted molar refractivity (Wildman–Crippen MR) is 77.7 cm³/mol. The summed E-state index contributed by atoms with van der Waals surface area (Å²) in [6.45, 7) is 6.96. The number of hydrogen-bond acceptors (Lipinski definition) is 2. The Kier molecular flexibility index (Phi) is 5.21. The first kappa shape index (κ1) is 13.6. The van der Waals surface area contributed by atoms with Crippen molar-refractivity contribution in [1.29, 1.82) is 0 Å². The summed E-state index contributed by atoms with van der Waals surface area (Å²) < 4.78 is 0. The molecular formula is C16H26N2. The molecular weight excluding hydrogens is 220 g/mol. The zero-order valence-electron chi connectivity index (χ0n) is 11.8. The quantitative estimate of drug-likeness (QED) is 0.830. The smallest absolute Gasteiger partial charge is 0.0233 e. The van der Waals surface area contributed by atoms with Crippen LogP contribution in [-0.2, 0) is 6.54 Å². The van der Waals surface area contributed by atoms with Crippen LogP contribution in [0.25, 0.3) is 0 Å². The highest BCUT2D eigenvalue weighted by Gasteiger charge is 2.13. The minimum Gasteiger partial charge on any atom is -0.316 e. The van der Waals surface area contributed by atoms with Crippen LogP contribution in [0.2, 0.25) is 0 Å². The average molecular weight is 246 g/mol. The summed E-state index contributed by atoms with van der Waals surface area (Å²) in [5.74, 6) is 0.928. The van der Waals surface area contributed by atoms with Gasteiger partial charge in [0, 0.05) is 6.54 Å². The van der Waals surface area contributed by atoms with Crippen molar-refractivity contribution < 1.29 is 0 Å². The van der Waals surface area contributed by atoms with Gasteiger partial charge in [0.2, 0.25) is 0 Å². The minimum atomic E-state index is 0.928. The molecule has 2 heteroatoms. The Hall–Kier alpha value is -0.860. The molecule has 0 amide bonds. The molecule has 1 heterocycles. The Balaban J connectivity index is 1.68. The molecule has 1 aromatic rings. The minimum absolute atomic E-state index is 0.928. The molecule has 0 aliphatic carbocycles. The molecule has 2 nitrogen and oxygen atoms in total. The third kappa shape index (κ3) is 4.11. The van der Waals surface area contributed by atoms with E-state index in [0.29, 0.717) is 0 Å². The lowest BCUT2D eigenvalue weighted by Crippen LogP contribution is -2.20. The summed E-state index contributed by atoms with van der Waals surface area (Å²) in [6.07, 6.45) is 4.08. The molecule has 2 rings (SSSR count). The Morgan fingerprint density at radius 2 is 2.17 bits per heavy atom. The lowest BCUT2D eigenvalue weighted by molar-refractivity contribution is 0.307. The van der Waals surface area contributed by atoms with Crippen LogP contribution in [0.3, 0.4) is 0 Å². The summed E-state index contributed by atoms with van der Waals surface area (Å²) in [7, 11) is 2.24. The number of nitrogens with one attached hydrogen (secondary N) is 1. The van der Waals surface area contributed by atoms with Crippen molar-refractivity contribution in [3.8, 4) is 0 Å². The van der Waals surface area contributed by atoms with Gasteiger partial charge in [-0.2, -0.15) is 0 Å². The second kappa shape index (κ2) is 6.91. The summed E-state index contributed by atoms with van der Waals surface area (Å²) >= 11 is 0. The number of nitrogens with zero attached hydrogens (tertiary/aromatic N) is 1. The number of rotatable bonds is 6. The molecule has 1 fully saturated rings. The molecule has 1 aromatic carbocycles. The van der Waals surface area contributed by atoms with Gasteiger partial charge in [-0.25, -0.2) is 0 Å². The van der Waals surface area contributed by atoms with Gasteiger partial charge in [0.25, 0.3) is 0 Å². The van der Waals surface area contributed by atoms with Crippen LogP contribution in [0.4, 0.5) is 0 Å². The molecule has 0 spiro atoms. The number of hydrogen-bond donors (Lipinski definition) is 1. The molecule has 1 aliphatic rings. The van der Waals surface area contributed by atoms with Crippen LogP contribution in [0, 0.1) is 12.8 Å². The van der Waals surface area contributed by atoms with E-state index in [0.717, 1.165) is 12.5 Å². The van der Waals surface area contributed by atoms with Crippen molar-refractivity contribution in [2.24, 2.45) is 5.92 Å². The van der Waals surface area contributed by atoms with E-state index in [9.17, 15) is 0 Å². The first-order chi connectivity index (χ1) is 8.75. The number of benzene rings is 1. The van der Waals surface area contributed by atoms with Crippen LogP contribution < -0.4 is 5.32 Å². The molecule has 18 heavy (non-hydrogen) atoms. The summed E-state index contributed by atoms with van der Waals surface area (Å²) in [4.78, 5) is 2.45. The normalized spacial score (nSPS) is 19.6. The lowest BCUT2D eigenvalue weighted by Gasteiger charge is -2.18. The standard InChI is InChI=1S/C16H26N2/c1-14-6-3-4-8-16(14)13-18(2)11-5-7-15-9-10-17-12-15/h3-4,6,8,15,17H,5,7,9-13H2,1-2H3. The van der Waals surface area contributed by atoms with Gasteiger partial charge in [-0.3, -0.25) is 0 Å². The zero-order chi connectivity index (χ0) is 12.8. The monoisotopic (exact) mass is 246 g/mol. The van der Waals surface area contributed by atoms with E-state index in [1.165, 1.54) is 50.0 Å². The fourth-order valence-electron chi connectivity index (χ4n) is 2.77. The van der Waals surface area contributed by atoms with Crippen molar-refractivity contribution in [2.45, 2.75) is 32.7 Å². The van der Waals surface area contributed by atoms with Gasteiger partial charge in [0.05, 0.1) is 0 Å². The van der Waals surface area contributed by atoms with Crippen LogP contribution in [-0.4, -0.2) is 31.6 Å². The fourth-order valence-corrected chi connectivity index (χ4v) is 2.77. The highest BCUT2D eigenvalue weighted by molar-refractivity contribution is 5.25. The van der Waals surface area contributed by atoms with E-state index < -0.39 is 0 Å². The maximum absolute atomic E-state index is 3.44. The highest BCUT2D eigenvalue weighted by atomic mass is 15.1. The summed E-state index contributed by atoms with van der Waals surface area (Å²) in [6, 6.07) is 8.70.